The predicted molar refractivity (Wildman–Crippen MR) is 66.5 cm³/mol. The van der Waals surface area contributed by atoms with E-state index in [-0.39, 0.29) is 6.61 Å². The summed E-state index contributed by atoms with van der Waals surface area (Å²) in [6.45, 7) is 0.229. The van der Waals surface area contributed by atoms with E-state index in [1.54, 1.807) is 11.3 Å². The van der Waals surface area contributed by atoms with Crippen molar-refractivity contribution in [2.75, 3.05) is 6.61 Å². The maximum absolute atomic E-state index is 9.37. The molecule has 1 unspecified atom stereocenters. The van der Waals surface area contributed by atoms with Gasteiger partial charge in [-0.3, -0.25) is 4.98 Å². The molecule has 0 amide bonds. The topological polar surface area (TPSA) is 33.1 Å². The first-order valence-corrected chi connectivity index (χ1v) is 6.28. The summed E-state index contributed by atoms with van der Waals surface area (Å²) in [5.74, 6) is 0.294. The molecule has 16 heavy (non-hydrogen) atoms. The van der Waals surface area contributed by atoms with Gasteiger partial charge in [-0.25, -0.2) is 0 Å². The Morgan fingerprint density at radius 1 is 1.19 bits per heavy atom. The Morgan fingerprint density at radius 2 is 2.00 bits per heavy atom. The molecule has 0 bridgehead atoms. The first-order chi connectivity index (χ1) is 7.88. The summed E-state index contributed by atoms with van der Waals surface area (Å²) in [5, 5.41) is 9.37. The van der Waals surface area contributed by atoms with Crippen molar-refractivity contribution in [2.45, 2.75) is 12.8 Å². The molecule has 2 nitrogen and oxygen atoms in total. The minimum Gasteiger partial charge on any atom is -0.396 e. The standard InChI is InChI=1S/C13H15NOS/c15-9-12(7-13-8-14-10-16-13)6-11-4-2-1-3-5-11/h1-5,8,10,12,15H,6-7,9H2. The third-order valence-corrected chi connectivity index (χ3v) is 3.40. The SMILES string of the molecule is OCC(Cc1ccccc1)Cc1cncs1. The summed E-state index contributed by atoms with van der Waals surface area (Å²) in [6, 6.07) is 10.3. The number of nitrogens with zero attached hydrogens (tertiary/aromatic N) is 1. The lowest BCUT2D eigenvalue weighted by atomic mass is 9.96. The molecule has 0 aliphatic rings. The second-order valence-corrected chi connectivity index (χ2v) is 4.88. The van der Waals surface area contributed by atoms with Gasteiger partial charge in [0.05, 0.1) is 5.51 Å². The third-order valence-electron chi connectivity index (χ3n) is 2.60. The molecule has 0 aliphatic heterocycles. The van der Waals surface area contributed by atoms with Crippen LogP contribution in [0.2, 0.25) is 0 Å². The van der Waals surface area contributed by atoms with Crippen molar-refractivity contribution in [3.8, 4) is 0 Å². The molecule has 0 radical (unpaired) electrons. The zero-order valence-corrected chi connectivity index (χ0v) is 9.86. The van der Waals surface area contributed by atoms with Crippen LogP contribution in [0.1, 0.15) is 10.4 Å². The lowest BCUT2D eigenvalue weighted by Crippen LogP contribution is -2.12. The van der Waals surface area contributed by atoms with Crippen molar-refractivity contribution in [1.29, 1.82) is 0 Å². The van der Waals surface area contributed by atoms with Crippen molar-refractivity contribution in [3.63, 3.8) is 0 Å². The summed E-state index contributed by atoms with van der Waals surface area (Å²) >= 11 is 1.65. The minimum atomic E-state index is 0.229. The quantitative estimate of drug-likeness (QED) is 0.861. The highest BCUT2D eigenvalue weighted by Crippen LogP contribution is 2.16. The number of aromatic nitrogens is 1. The van der Waals surface area contributed by atoms with Gasteiger partial charge in [-0.15, -0.1) is 11.3 Å². The van der Waals surface area contributed by atoms with E-state index in [0.29, 0.717) is 5.92 Å². The number of benzene rings is 1. The van der Waals surface area contributed by atoms with Crippen LogP contribution in [-0.4, -0.2) is 16.7 Å². The average Bonchev–Trinajstić information content (AvgIpc) is 2.82. The van der Waals surface area contributed by atoms with Crippen LogP contribution >= 0.6 is 11.3 Å². The zero-order chi connectivity index (χ0) is 11.2. The van der Waals surface area contributed by atoms with Gasteiger partial charge in [0.15, 0.2) is 0 Å². The highest BCUT2D eigenvalue weighted by Gasteiger charge is 2.10. The van der Waals surface area contributed by atoms with Gasteiger partial charge in [-0.2, -0.15) is 0 Å². The molecule has 0 aliphatic carbocycles. The Morgan fingerprint density at radius 3 is 2.62 bits per heavy atom. The van der Waals surface area contributed by atoms with Crippen molar-refractivity contribution >= 4 is 11.3 Å². The fourth-order valence-electron chi connectivity index (χ4n) is 1.78. The average molecular weight is 233 g/mol. The lowest BCUT2D eigenvalue weighted by Gasteiger charge is -2.12. The molecular formula is C13H15NOS. The molecule has 1 N–H and O–H groups in total. The van der Waals surface area contributed by atoms with E-state index in [9.17, 15) is 5.11 Å². The Balaban J connectivity index is 1.96. The molecule has 0 spiro atoms. The largest absolute Gasteiger partial charge is 0.396 e. The summed E-state index contributed by atoms with van der Waals surface area (Å²) in [4.78, 5) is 5.30. The maximum Gasteiger partial charge on any atom is 0.0794 e. The third kappa shape index (κ3) is 3.15. The van der Waals surface area contributed by atoms with Crippen LogP contribution in [0, 0.1) is 5.92 Å². The molecule has 3 heteroatoms. The van der Waals surface area contributed by atoms with Crippen LogP contribution < -0.4 is 0 Å². The maximum atomic E-state index is 9.37. The van der Waals surface area contributed by atoms with Gasteiger partial charge < -0.3 is 5.11 Å². The van der Waals surface area contributed by atoms with Crippen LogP contribution in [-0.2, 0) is 12.8 Å². The smallest absolute Gasteiger partial charge is 0.0794 e. The number of thiazole rings is 1. The van der Waals surface area contributed by atoms with Gasteiger partial charge in [0.25, 0.3) is 0 Å². The molecule has 1 atom stereocenters. The fraction of sp³-hybridized carbons (Fsp3) is 0.308. The first kappa shape index (κ1) is 11.3. The van der Waals surface area contributed by atoms with Gasteiger partial charge in [0.2, 0.25) is 0 Å². The number of hydrogen-bond acceptors (Lipinski definition) is 3. The fourth-order valence-corrected chi connectivity index (χ4v) is 2.49. The van der Waals surface area contributed by atoms with Crippen molar-refractivity contribution in [1.82, 2.24) is 4.98 Å². The van der Waals surface area contributed by atoms with Crippen LogP contribution in [0.4, 0.5) is 0 Å². The van der Waals surface area contributed by atoms with Crippen molar-refractivity contribution in [3.05, 3.63) is 52.5 Å². The van der Waals surface area contributed by atoms with Gasteiger partial charge in [-0.1, -0.05) is 30.3 Å². The molecule has 84 valence electrons. The number of hydrogen-bond donors (Lipinski definition) is 1. The molecule has 1 heterocycles. The van der Waals surface area contributed by atoms with E-state index < -0.39 is 0 Å². The molecular weight excluding hydrogens is 218 g/mol. The zero-order valence-electron chi connectivity index (χ0n) is 9.04. The Kier molecular flexibility index (Phi) is 4.08. The minimum absolute atomic E-state index is 0.229. The highest BCUT2D eigenvalue weighted by molar-refractivity contribution is 7.09. The van der Waals surface area contributed by atoms with Gasteiger partial charge in [-0.05, 0) is 24.3 Å². The number of rotatable bonds is 5. The van der Waals surface area contributed by atoms with Crippen LogP contribution in [0.15, 0.2) is 42.0 Å². The molecule has 0 fully saturated rings. The summed E-state index contributed by atoms with van der Waals surface area (Å²) < 4.78 is 0. The van der Waals surface area contributed by atoms with Crippen molar-refractivity contribution < 1.29 is 5.11 Å². The Bertz CT molecular complexity index is 399. The van der Waals surface area contributed by atoms with Gasteiger partial charge in [0, 0.05) is 17.7 Å². The second kappa shape index (κ2) is 5.77. The molecule has 2 aromatic rings. The molecule has 0 saturated heterocycles. The molecule has 2 rings (SSSR count). The Labute approximate surface area is 99.6 Å². The van der Waals surface area contributed by atoms with E-state index in [2.05, 4.69) is 17.1 Å². The van der Waals surface area contributed by atoms with E-state index >= 15 is 0 Å². The summed E-state index contributed by atoms with van der Waals surface area (Å²) in [6.07, 6.45) is 3.73. The molecule has 1 aromatic heterocycles. The lowest BCUT2D eigenvalue weighted by molar-refractivity contribution is 0.225. The van der Waals surface area contributed by atoms with E-state index in [1.165, 1.54) is 10.4 Å². The van der Waals surface area contributed by atoms with Crippen LogP contribution in [0.5, 0.6) is 0 Å². The van der Waals surface area contributed by atoms with Crippen LogP contribution in [0.3, 0.4) is 0 Å². The van der Waals surface area contributed by atoms with Crippen LogP contribution in [0.25, 0.3) is 0 Å². The number of aliphatic hydroxyl groups is 1. The second-order valence-electron chi connectivity index (χ2n) is 3.91. The molecule has 0 saturated carbocycles. The van der Waals surface area contributed by atoms with Crippen molar-refractivity contribution in [2.24, 2.45) is 5.92 Å². The van der Waals surface area contributed by atoms with E-state index in [0.717, 1.165) is 12.8 Å². The summed E-state index contributed by atoms with van der Waals surface area (Å²) in [7, 11) is 0. The Hall–Kier alpha value is -1.19. The van der Waals surface area contributed by atoms with E-state index in [4.69, 9.17) is 0 Å². The van der Waals surface area contributed by atoms with Gasteiger partial charge in [0.1, 0.15) is 0 Å². The number of aliphatic hydroxyl groups excluding tert-OH is 1. The molecule has 1 aromatic carbocycles. The highest BCUT2D eigenvalue weighted by atomic mass is 32.1. The normalized spacial score (nSPS) is 12.6. The van der Waals surface area contributed by atoms with E-state index in [1.807, 2.05) is 29.9 Å². The summed E-state index contributed by atoms with van der Waals surface area (Å²) in [5.41, 5.74) is 3.12. The monoisotopic (exact) mass is 233 g/mol. The predicted octanol–water partition coefficient (Wildman–Crippen LogP) is 2.54. The van der Waals surface area contributed by atoms with Gasteiger partial charge >= 0.3 is 0 Å². The first-order valence-electron chi connectivity index (χ1n) is 5.40.